The van der Waals surface area contributed by atoms with Crippen LogP contribution in [0.1, 0.15) is 39.7 Å². The molecule has 0 aromatic carbocycles. The highest BCUT2D eigenvalue weighted by atomic mass is 127. The van der Waals surface area contributed by atoms with Crippen LogP contribution in [-0.2, 0) is 11.2 Å². The van der Waals surface area contributed by atoms with Gasteiger partial charge in [0.25, 0.3) is 0 Å². The van der Waals surface area contributed by atoms with Crippen molar-refractivity contribution in [3.63, 3.8) is 0 Å². The molecule has 0 unspecified atom stereocenters. The van der Waals surface area contributed by atoms with Crippen molar-refractivity contribution in [3.05, 3.63) is 29.0 Å². The first-order chi connectivity index (χ1) is 12.3. The standard InChI is InChI=1S/C18H30ClN5O2.HI/c1-5-20-16(22-12-9-14-7-8-15(19)24-13-14)21-10-6-11-23-17(25)26-18(2,3)4;/h7-8,13H,5-6,9-12H2,1-4H3,(H,23,25)(H2,20,21,22);1H. The third kappa shape index (κ3) is 13.5. The smallest absolute Gasteiger partial charge is 0.407 e. The Hall–Kier alpha value is -1.29. The van der Waals surface area contributed by atoms with Crippen LogP contribution in [0.15, 0.2) is 23.3 Å². The number of pyridine rings is 1. The van der Waals surface area contributed by atoms with Crippen molar-refractivity contribution in [2.45, 2.75) is 46.1 Å². The maximum absolute atomic E-state index is 11.5. The number of nitrogens with one attached hydrogen (secondary N) is 3. The summed E-state index contributed by atoms with van der Waals surface area (Å²) in [5.74, 6) is 0.756. The lowest BCUT2D eigenvalue weighted by Gasteiger charge is -2.19. The van der Waals surface area contributed by atoms with E-state index in [-0.39, 0.29) is 24.0 Å². The molecule has 0 bridgehead atoms. The molecule has 0 spiro atoms. The summed E-state index contributed by atoms with van der Waals surface area (Å²) in [7, 11) is 0. The Morgan fingerprint density at radius 3 is 2.56 bits per heavy atom. The second kappa shape index (κ2) is 13.8. The average Bonchev–Trinajstić information content (AvgIpc) is 2.54. The van der Waals surface area contributed by atoms with Crippen LogP contribution in [0, 0.1) is 0 Å². The number of hydrogen-bond acceptors (Lipinski definition) is 4. The Bertz CT molecular complexity index is 576. The molecule has 7 nitrogen and oxygen atoms in total. The predicted octanol–water partition coefficient (Wildman–Crippen LogP) is 3.37. The van der Waals surface area contributed by atoms with Gasteiger partial charge in [0.05, 0.1) is 0 Å². The minimum Gasteiger partial charge on any atom is -0.444 e. The monoisotopic (exact) mass is 511 g/mol. The molecule has 0 fully saturated rings. The van der Waals surface area contributed by atoms with Crippen molar-refractivity contribution in [1.82, 2.24) is 20.9 Å². The van der Waals surface area contributed by atoms with E-state index in [1.165, 1.54) is 0 Å². The third-order valence-corrected chi connectivity index (χ3v) is 3.34. The van der Waals surface area contributed by atoms with E-state index < -0.39 is 11.7 Å². The van der Waals surface area contributed by atoms with Crippen molar-refractivity contribution in [1.29, 1.82) is 0 Å². The zero-order valence-corrected chi connectivity index (χ0v) is 19.6. The van der Waals surface area contributed by atoms with E-state index in [9.17, 15) is 4.79 Å². The van der Waals surface area contributed by atoms with Crippen LogP contribution in [0.4, 0.5) is 4.79 Å². The molecule has 0 atom stereocenters. The Balaban J connectivity index is 0.00000676. The molecule has 3 N–H and O–H groups in total. The molecular formula is C18H31ClIN5O2. The maximum atomic E-state index is 11.5. The first-order valence-electron chi connectivity index (χ1n) is 8.89. The fraction of sp³-hybridized carbons (Fsp3) is 0.611. The minimum atomic E-state index is -0.482. The highest BCUT2D eigenvalue weighted by molar-refractivity contribution is 14.0. The summed E-state index contributed by atoms with van der Waals surface area (Å²) in [5.41, 5.74) is 0.628. The van der Waals surface area contributed by atoms with Gasteiger partial charge < -0.3 is 20.7 Å². The van der Waals surface area contributed by atoms with Gasteiger partial charge in [0.1, 0.15) is 10.8 Å². The molecular weight excluding hydrogens is 481 g/mol. The molecule has 0 saturated heterocycles. The van der Waals surface area contributed by atoms with Crippen molar-refractivity contribution < 1.29 is 9.53 Å². The average molecular weight is 512 g/mol. The fourth-order valence-electron chi connectivity index (χ4n) is 2.00. The van der Waals surface area contributed by atoms with Crippen LogP contribution in [0.25, 0.3) is 0 Å². The van der Waals surface area contributed by atoms with Crippen LogP contribution >= 0.6 is 35.6 Å². The highest BCUT2D eigenvalue weighted by Crippen LogP contribution is 2.06. The van der Waals surface area contributed by atoms with Gasteiger partial charge in [-0.2, -0.15) is 0 Å². The first-order valence-corrected chi connectivity index (χ1v) is 9.27. The molecule has 1 aromatic rings. The van der Waals surface area contributed by atoms with Gasteiger partial charge in [0, 0.05) is 32.4 Å². The molecule has 0 radical (unpaired) electrons. The van der Waals surface area contributed by atoms with Gasteiger partial charge in [-0.3, -0.25) is 4.99 Å². The van der Waals surface area contributed by atoms with Crippen molar-refractivity contribution in [2.24, 2.45) is 4.99 Å². The normalized spacial score (nSPS) is 11.4. The predicted molar refractivity (Wildman–Crippen MR) is 121 cm³/mol. The fourth-order valence-corrected chi connectivity index (χ4v) is 2.11. The van der Waals surface area contributed by atoms with Gasteiger partial charge >= 0.3 is 6.09 Å². The van der Waals surface area contributed by atoms with Gasteiger partial charge in [-0.1, -0.05) is 17.7 Å². The molecule has 1 amide bonds. The molecule has 1 aromatic heterocycles. The number of guanidine groups is 1. The van der Waals surface area contributed by atoms with Gasteiger partial charge in [-0.15, -0.1) is 24.0 Å². The number of amides is 1. The summed E-state index contributed by atoms with van der Waals surface area (Å²) in [5, 5.41) is 9.70. The number of hydrogen-bond donors (Lipinski definition) is 3. The van der Waals surface area contributed by atoms with Gasteiger partial charge in [-0.25, -0.2) is 9.78 Å². The molecule has 154 valence electrons. The van der Waals surface area contributed by atoms with Crippen LogP contribution in [0.3, 0.4) is 0 Å². The summed E-state index contributed by atoms with van der Waals surface area (Å²) >= 11 is 5.78. The van der Waals surface area contributed by atoms with Crippen LogP contribution in [-0.4, -0.2) is 48.8 Å². The second-order valence-electron chi connectivity index (χ2n) is 6.71. The zero-order chi connectivity index (χ0) is 19.4. The molecule has 0 aliphatic carbocycles. The Kier molecular flexibility index (Phi) is 13.2. The molecule has 0 aliphatic rings. The maximum Gasteiger partial charge on any atom is 0.407 e. The largest absolute Gasteiger partial charge is 0.444 e. The number of alkyl carbamates (subject to hydrolysis) is 1. The van der Waals surface area contributed by atoms with Crippen molar-refractivity contribution >= 4 is 47.6 Å². The number of carbonyl (C=O) groups is 1. The lowest BCUT2D eigenvalue weighted by molar-refractivity contribution is 0.0527. The van der Waals surface area contributed by atoms with Gasteiger partial charge in [-0.05, 0) is 52.2 Å². The van der Waals surface area contributed by atoms with Crippen LogP contribution in [0.5, 0.6) is 0 Å². The number of halogens is 2. The molecule has 1 rings (SSSR count). The van der Waals surface area contributed by atoms with E-state index in [0.29, 0.717) is 18.2 Å². The number of nitrogens with zero attached hydrogens (tertiary/aromatic N) is 2. The summed E-state index contributed by atoms with van der Waals surface area (Å²) in [6, 6.07) is 3.75. The topological polar surface area (TPSA) is 87.6 Å². The van der Waals surface area contributed by atoms with E-state index in [2.05, 4.69) is 25.9 Å². The summed E-state index contributed by atoms with van der Waals surface area (Å²) < 4.78 is 5.18. The minimum absolute atomic E-state index is 0. The van der Waals surface area contributed by atoms with Gasteiger partial charge in [0.15, 0.2) is 5.96 Å². The zero-order valence-electron chi connectivity index (χ0n) is 16.5. The third-order valence-electron chi connectivity index (χ3n) is 3.11. The molecule has 1 heterocycles. The second-order valence-corrected chi connectivity index (χ2v) is 7.10. The Morgan fingerprint density at radius 2 is 1.96 bits per heavy atom. The number of aliphatic imine (C=N–C) groups is 1. The lowest BCUT2D eigenvalue weighted by Crippen LogP contribution is -2.38. The number of carbonyl (C=O) groups excluding carboxylic acids is 1. The number of rotatable bonds is 8. The quantitative estimate of drug-likeness (QED) is 0.164. The van der Waals surface area contributed by atoms with E-state index in [0.717, 1.165) is 37.5 Å². The Morgan fingerprint density at radius 1 is 1.22 bits per heavy atom. The van der Waals surface area contributed by atoms with Crippen LogP contribution < -0.4 is 16.0 Å². The van der Waals surface area contributed by atoms with Crippen LogP contribution in [0.2, 0.25) is 5.15 Å². The first kappa shape index (κ1) is 25.7. The molecule has 27 heavy (non-hydrogen) atoms. The Labute approximate surface area is 184 Å². The van der Waals surface area contributed by atoms with E-state index in [1.807, 2.05) is 33.8 Å². The number of aromatic nitrogens is 1. The summed E-state index contributed by atoms with van der Waals surface area (Å²) in [6.45, 7) is 10.2. The number of ether oxygens (including phenoxy) is 1. The molecule has 9 heteroatoms. The molecule has 0 aliphatic heterocycles. The van der Waals surface area contributed by atoms with Crippen molar-refractivity contribution in [3.8, 4) is 0 Å². The van der Waals surface area contributed by atoms with Gasteiger partial charge in [0.2, 0.25) is 0 Å². The van der Waals surface area contributed by atoms with E-state index in [4.69, 9.17) is 16.3 Å². The highest BCUT2D eigenvalue weighted by Gasteiger charge is 2.15. The summed E-state index contributed by atoms with van der Waals surface area (Å²) in [4.78, 5) is 20.1. The van der Waals surface area contributed by atoms with E-state index >= 15 is 0 Å². The van der Waals surface area contributed by atoms with E-state index in [1.54, 1.807) is 12.3 Å². The summed E-state index contributed by atoms with van der Waals surface area (Å²) in [6.07, 6.45) is 2.94. The lowest BCUT2D eigenvalue weighted by atomic mass is 10.2. The van der Waals surface area contributed by atoms with Crippen molar-refractivity contribution in [2.75, 3.05) is 26.2 Å². The SMILES string of the molecule is CCNC(=NCCCNC(=O)OC(C)(C)C)NCCc1ccc(Cl)nc1.I. The molecule has 0 saturated carbocycles.